The summed E-state index contributed by atoms with van der Waals surface area (Å²) in [5.74, 6) is 0.275. The smallest absolute Gasteiger partial charge is 0.307 e. The molecule has 1 aromatic rings. The molecule has 5 nitrogen and oxygen atoms in total. The molecular weight excluding hydrogens is 358 g/mol. The van der Waals surface area contributed by atoms with E-state index in [0.717, 1.165) is 11.3 Å². The van der Waals surface area contributed by atoms with E-state index in [2.05, 4.69) is 0 Å². The lowest BCUT2D eigenvalue weighted by Crippen LogP contribution is -2.30. The molecule has 0 radical (unpaired) electrons. The van der Waals surface area contributed by atoms with Crippen LogP contribution in [0.15, 0.2) is 29.2 Å². The SMILES string of the molecule is CCOC(=O)CCN1C(=O)/C(=C/c2ccc(OC(C)C)cc2)SC1=S. The van der Waals surface area contributed by atoms with Crippen LogP contribution in [0.2, 0.25) is 0 Å². The Hall–Kier alpha value is -1.86. The van der Waals surface area contributed by atoms with Crippen LogP contribution in [0.5, 0.6) is 5.75 Å². The first-order valence-electron chi connectivity index (χ1n) is 8.08. The quantitative estimate of drug-likeness (QED) is 0.410. The molecule has 1 aromatic carbocycles. The van der Waals surface area contributed by atoms with Gasteiger partial charge >= 0.3 is 5.97 Å². The number of thioether (sulfide) groups is 1. The average Bonchev–Trinajstić information content (AvgIpc) is 2.81. The molecule has 1 aliphatic heterocycles. The Morgan fingerprint density at radius 1 is 1.32 bits per heavy atom. The minimum Gasteiger partial charge on any atom is -0.491 e. The highest BCUT2D eigenvalue weighted by Crippen LogP contribution is 2.32. The molecule has 0 aliphatic carbocycles. The molecular formula is C18H21NO4S2. The van der Waals surface area contributed by atoms with E-state index in [1.807, 2.05) is 38.1 Å². The minimum absolute atomic E-state index is 0.113. The van der Waals surface area contributed by atoms with E-state index < -0.39 is 0 Å². The van der Waals surface area contributed by atoms with Crippen LogP contribution in [0.3, 0.4) is 0 Å². The van der Waals surface area contributed by atoms with Crippen LogP contribution in [-0.2, 0) is 14.3 Å². The lowest BCUT2D eigenvalue weighted by molar-refractivity contribution is -0.143. The third-order valence-corrected chi connectivity index (χ3v) is 4.65. The second-order valence-electron chi connectivity index (χ2n) is 5.62. The van der Waals surface area contributed by atoms with Gasteiger partial charge in [-0.25, -0.2) is 0 Å². The number of nitrogens with zero attached hydrogens (tertiary/aromatic N) is 1. The fourth-order valence-electron chi connectivity index (χ4n) is 2.20. The maximum Gasteiger partial charge on any atom is 0.307 e. The average molecular weight is 380 g/mol. The van der Waals surface area contributed by atoms with E-state index in [-0.39, 0.29) is 30.9 Å². The van der Waals surface area contributed by atoms with Crippen LogP contribution in [0, 0.1) is 0 Å². The summed E-state index contributed by atoms with van der Waals surface area (Å²) in [6.07, 6.45) is 2.04. The van der Waals surface area contributed by atoms with Gasteiger partial charge in [-0.2, -0.15) is 0 Å². The van der Waals surface area contributed by atoms with Crippen molar-refractivity contribution < 1.29 is 19.1 Å². The molecule has 1 fully saturated rings. The maximum absolute atomic E-state index is 12.5. The van der Waals surface area contributed by atoms with E-state index in [0.29, 0.717) is 15.8 Å². The van der Waals surface area contributed by atoms with Crippen molar-refractivity contribution in [2.45, 2.75) is 33.3 Å². The van der Waals surface area contributed by atoms with Gasteiger partial charge in [-0.05, 0) is 44.5 Å². The van der Waals surface area contributed by atoms with Gasteiger partial charge in [-0.15, -0.1) is 0 Å². The van der Waals surface area contributed by atoms with Crippen molar-refractivity contribution in [3.63, 3.8) is 0 Å². The number of carbonyl (C=O) groups excluding carboxylic acids is 2. The first-order chi connectivity index (χ1) is 11.9. The van der Waals surface area contributed by atoms with E-state index in [1.165, 1.54) is 16.7 Å². The molecule has 25 heavy (non-hydrogen) atoms. The van der Waals surface area contributed by atoms with Crippen molar-refractivity contribution in [3.8, 4) is 5.75 Å². The zero-order valence-electron chi connectivity index (χ0n) is 14.5. The van der Waals surface area contributed by atoms with Crippen molar-refractivity contribution in [1.82, 2.24) is 4.90 Å². The molecule has 0 atom stereocenters. The summed E-state index contributed by atoms with van der Waals surface area (Å²) in [5.41, 5.74) is 0.891. The molecule has 7 heteroatoms. The van der Waals surface area contributed by atoms with Crippen LogP contribution in [-0.4, -0.2) is 40.4 Å². The molecule has 0 aromatic heterocycles. The maximum atomic E-state index is 12.5. The number of carbonyl (C=O) groups is 2. The lowest BCUT2D eigenvalue weighted by atomic mass is 10.2. The minimum atomic E-state index is -0.332. The highest BCUT2D eigenvalue weighted by molar-refractivity contribution is 8.26. The number of thiocarbonyl (C=S) groups is 1. The Bertz CT molecular complexity index is 683. The molecule has 0 N–H and O–H groups in total. The fraction of sp³-hybridized carbons (Fsp3) is 0.389. The predicted molar refractivity (Wildman–Crippen MR) is 103 cm³/mol. The Morgan fingerprint density at radius 3 is 2.60 bits per heavy atom. The molecule has 0 bridgehead atoms. The first-order valence-corrected chi connectivity index (χ1v) is 9.31. The number of rotatable bonds is 7. The molecule has 1 amide bonds. The third-order valence-electron chi connectivity index (χ3n) is 3.27. The van der Waals surface area contributed by atoms with E-state index in [1.54, 1.807) is 13.0 Å². The fourth-order valence-corrected chi connectivity index (χ4v) is 3.50. The Morgan fingerprint density at radius 2 is 2.00 bits per heavy atom. The normalized spacial score (nSPS) is 16.0. The van der Waals surface area contributed by atoms with Gasteiger partial charge in [0.05, 0.1) is 24.0 Å². The summed E-state index contributed by atoms with van der Waals surface area (Å²) >= 11 is 6.49. The monoisotopic (exact) mass is 379 g/mol. The highest BCUT2D eigenvalue weighted by atomic mass is 32.2. The summed E-state index contributed by atoms with van der Waals surface area (Å²) in [7, 11) is 0. The molecule has 0 saturated carbocycles. The van der Waals surface area contributed by atoms with Crippen LogP contribution < -0.4 is 4.74 Å². The van der Waals surface area contributed by atoms with Crippen LogP contribution in [0.25, 0.3) is 6.08 Å². The first kappa shape index (κ1) is 19.5. The zero-order valence-corrected chi connectivity index (χ0v) is 16.1. The van der Waals surface area contributed by atoms with Gasteiger partial charge in [0, 0.05) is 6.54 Å². The summed E-state index contributed by atoms with van der Waals surface area (Å²) in [6.45, 7) is 6.25. The lowest BCUT2D eigenvalue weighted by Gasteiger charge is -2.13. The van der Waals surface area contributed by atoms with Crippen molar-refractivity contribution in [1.29, 1.82) is 0 Å². The number of hydrogen-bond donors (Lipinski definition) is 0. The van der Waals surface area contributed by atoms with Crippen LogP contribution in [0.1, 0.15) is 32.8 Å². The van der Waals surface area contributed by atoms with Gasteiger partial charge in [0.15, 0.2) is 0 Å². The Balaban J connectivity index is 2.02. The topological polar surface area (TPSA) is 55.8 Å². The van der Waals surface area contributed by atoms with Crippen LogP contribution in [0.4, 0.5) is 0 Å². The molecule has 2 rings (SSSR count). The molecule has 1 heterocycles. The predicted octanol–water partition coefficient (Wildman–Crippen LogP) is 3.63. The molecule has 1 aliphatic rings. The van der Waals surface area contributed by atoms with E-state index >= 15 is 0 Å². The van der Waals surface area contributed by atoms with E-state index in [4.69, 9.17) is 21.7 Å². The molecule has 0 spiro atoms. The van der Waals surface area contributed by atoms with Crippen molar-refractivity contribution >= 4 is 46.3 Å². The third kappa shape index (κ3) is 5.57. The number of ether oxygens (including phenoxy) is 2. The van der Waals surface area contributed by atoms with Gasteiger partial charge in [0.25, 0.3) is 5.91 Å². The highest BCUT2D eigenvalue weighted by Gasteiger charge is 2.32. The zero-order chi connectivity index (χ0) is 18.4. The second-order valence-corrected chi connectivity index (χ2v) is 7.30. The number of benzene rings is 1. The number of amides is 1. The summed E-state index contributed by atoms with van der Waals surface area (Å²) in [6, 6.07) is 7.52. The number of hydrogen-bond acceptors (Lipinski definition) is 6. The van der Waals surface area contributed by atoms with Gasteiger partial charge in [0.1, 0.15) is 10.1 Å². The van der Waals surface area contributed by atoms with Crippen molar-refractivity contribution in [3.05, 3.63) is 34.7 Å². The molecule has 0 unspecified atom stereocenters. The van der Waals surface area contributed by atoms with Crippen molar-refractivity contribution in [2.24, 2.45) is 0 Å². The standard InChI is InChI=1S/C18H21NO4S2/c1-4-22-16(20)9-10-19-17(21)15(25-18(19)24)11-13-5-7-14(8-6-13)23-12(2)3/h5-8,11-12H,4,9-10H2,1-3H3/b15-11-. The Labute approximate surface area is 157 Å². The summed E-state index contributed by atoms with van der Waals surface area (Å²) < 4.78 is 10.9. The van der Waals surface area contributed by atoms with Gasteiger partial charge in [-0.3, -0.25) is 14.5 Å². The van der Waals surface area contributed by atoms with Crippen LogP contribution >= 0.6 is 24.0 Å². The molecule has 134 valence electrons. The van der Waals surface area contributed by atoms with Crippen molar-refractivity contribution in [2.75, 3.05) is 13.2 Å². The van der Waals surface area contributed by atoms with Gasteiger partial charge in [-0.1, -0.05) is 36.1 Å². The Kier molecular flexibility index (Phi) is 7.01. The van der Waals surface area contributed by atoms with Gasteiger partial charge in [0.2, 0.25) is 0 Å². The molecule has 1 saturated heterocycles. The largest absolute Gasteiger partial charge is 0.491 e. The van der Waals surface area contributed by atoms with Gasteiger partial charge < -0.3 is 9.47 Å². The number of esters is 1. The second kappa shape index (κ2) is 9.01. The summed E-state index contributed by atoms with van der Waals surface area (Å²) in [4.78, 5) is 25.9. The summed E-state index contributed by atoms with van der Waals surface area (Å²) in [5, 5.41) is 0. The van der Waals surface area contributed by atoms with E-state index in [9.17, 15) is 9.59 Å².